The number of ketones is 1. The van der Waals surface area contributed by atoms with Crippen molar-refractivity contribution < 1.29 is 17.5 Å². The van der Waals surface area contributed by atoms with Crippen molar-refractivity contribution in [2.24, 2.45) is 16.5 Å². The van der Waals surface area contributed by atoms with Crippen molar-refractivity contribution >= 4 is 21.6 Å². The Balaban J connectivity index is 1.42. The normalized spacial score (nSPS) is 41.9. The molecule has 2 saturated heterocycles. The molecule has 4 bridgehead atoms. The minimum atomic E-state index is -3.79. The van der Waals surface area contributed by atoms with Gasteiger partial charge in [0.1, 0.15) is 11.5 Å². The number of hydrogen-bond donors (Lipinski definition) is 0. The zero-order valence-corrected chi connectivity index (χ0v) is 14.3. The van der Waals surface area contributed by atoms with Crippen LogP contribution in [0.3, 0.4) is 0 Å². The van der Waals surface area contributed by atoms with Crippen molar-refractivity contribution in [3.8, 4) is 0 Å². The Bertz CT molecular complexity index is 643. The van der Waals surface area contributed by atoms with Gasteiger partial charge in [-0.1, -0.05) is 5.16 Å². The summed E-state index contributed by atoms with van der Waals surface area (Å²) < 4.78 is 29.6. The van der Waals surface area contributed by atoms with Gasteiger partial charge in [-0.2, -0.15) is 8.42 Å². The Labute approximate surface area is 137 Å². The Morgan fingerprint density at radius 1 is 1.22 bits per heavy atom. The van der Waals surface area contributed by atoms with E-state index < -0.39 is 15.5 Å². The Morgan fingerprint density at radius 2 is 1.91 bits per heavy atom. The van der Waals surface area contributed by atoms with E-state index in [2.05, 4.69) is 17.1 Å². The summed E-state index contributed by atoms with van der Waals surface area (Å²) in [5.74, 6) is 0.290. The molecule has 4 rings (SSSR count). The zero-order chi connectivity index (χ0) is 16.2. The molecule has 0 N–H and O–H groups in total. The second-order valence-corrected chi connectivity index (χ2v) is 9.46. The fourth-order valence-electron chi connectivity index (χ4n) is 5.11. The molecule has 7 heteroatoms. The average Bonchev–Trinajstić information content (AvgIpc) is 3.05. The number of nitrogens with zero attached hydrogens (tertiary/aromatic N) is 2. The van der Waals surface area contributed by atoms with Gasteiger partial charge in [0.05, 0.1) is 5.71 Å². The van der Waals surface area contributed by atoms with E-state index in [9.17, 15) is 13.2 Å². The Hall–Kier alpha value is -0.950. The van der Waals surface area contributed by atoms with Crippen LogP contribution < -0.4 is 0 Å². The highest BCUT2D eigenvalue weighted by Gasteiger charge is 2.54. The van der Waals surface area contributed by atoms with Crippen molar-refractivity contribution in [3.63, 3.8) is 0 Å². The molecule has 2 aliphatic heterocycles. The van der Waals surface area contributed by atoms with E-state index in [1.165, 1.54) is 0 Å². The maximum absolute atomic E-state index is 12.3. The molecular formula is C16H24N2O4S. The fraction of sp³-hybridized carbons (Fsp3) is 0.875. The first-order chi connectivity index (χ1) is 10.9. The van der Waals surface area contributed by atoms with Crippen LogP contribution in [0.1, 0.15) is 51.4 Å². The van der Waals surface area contributed by atoms with E-state index in [-0.39, 0.29) is 11.5 Å². The largest absolute Gasteiger partial charge is 0.329 e. The van der Waals surface area contributed by atoms with Crippen LogP contribution >= 0.6 is 0 Å². The molecule has 2 saturated carbocycles. The zero-order valence-electron chi connectivity index (χ0n) is 13.5. The van der Waals surface area contributed by atoms with Crippen LogP contribution in [0, 0.1) is 11.3 Å². The minimum Gasteiger partial charge on any atom is -0.300 e. The van der Waals surface area contributed by atoms with E-state index in [1.54, 1.807) is 0 Å². The monoisotopic (exact) mass is 340 g/mol. The first-order valence-corrected chi connectivity index (χ1v) is 10.2. The first kappa shape index (κ1) is 15.6. The van der Waals surface area contributed by atoms with Gasteiger partial charge in [-0.25, -0.2) is 0 Å². The molecule has 0 unspecified atom stereocenters. The highest BCUT2D eigenvalue weighted by Crippen LogP contribution is 2.52. The summed E-state index contributed by atoms with van der Waals surface area (Å²) in [4.78, 5) is 14.5. The van der Waals surface area contributed by atoms with Gasteiger partial charge in [0.25, 0.3) is 0 Å². The third-order valence-electron chi connectivity index (χ3n) is 6.44. The summed E-state index contributed by atoms with van der Waals surface area (Å²) in [6, 6.07) is 0.925. The predicted molar refractivity (Wildman–Crippen MR) is 85.5 cm³/mol. The number of rotatable bonds is 4. The van der Waals surface area contributed by atoms with Crippen LogP contribution in [-0.4, -0.2) is 49.7 Å². The smallest absolute Gasteiger partial charge is 0.300 e. The van der Waals surface area contributed by atoms with Gasteiger partial charge in [-0.3, -0.25) is 14.0 Å². The van der Waals surface area contributed by atoms with Gasteiger partial charge in [0.15, 0.2) is 0 Å². The number of Topliss-reactive ketones (excluding diaryl/α,β-unsaturated/α-hetero) is 1. The standard InChI is InChI=1S/C16H24N2O4S/c1-18-13-2-3-14(18)8-12(7-13)17-22-23(20,21)10-16-5-4-11(9-16)6-15(16)19/h11,13-14H,2-10H2,1H3/t11-,13-,14+,16-/m1/s1. The third kappa shape index (κ3) is 2.71. The number of fused-ring (bicyclic) bond motifs is 4. The number of carbonyl (C=O) groups excluding carboxylic acids is 1. The van der Waals surface area contributed by atoms with Crippen molar-refractivity contribution in [1.82, 2.24) is 4.90 Å². The number of carbonyl (C=O) groups is 1. The molecule has 0 radical (unpaired) electrons. The summed E-state index contributed by atoms with van der Waals surface area (Å²) in [5.41, 5.74) is 0.161. The molecule has 0 aromatic rings. The molecule has 0 aromatic carbocycles. The SMILES string of the molecule is CN1[C@@H]2CC[C@H]1CC(=NOS(=O)(=O)C[C@]13CC[C@H](CC1=O)C3)C2. The molecule has 0 amide bonds. The van der Waals surface area contributed by atoms with Crippen molar-refractivity contribution in [3.05, 3.63) is 0 Å². The van der Waals surface area contributed by atoms with Gasteiger partial charge in [-0.15, -0.1) is 0 Å². The highest BCUT2D eigenvalue weighted by atomic mass is 32.2. The summed E-state index contributed by atoms with van der Waals surface area (Å²) in [6.45, 7) is 0. The number of hydrogen-bond acceptors (Lipinski definition) is 6. The molecule has 4 atom stereocenters. The minimum absolute atomic E-state index is 0.103. The van der Waals surface area contributed by atoms with Gasteiger partial charge < -0.3 is 0 Å². The number of oxime groups is 1. The average molecular weight is 340 g/mol. The second-order valence-electron chi connectivity index (χ2n) is 7.91. The van der Waals surface area contributed by atoms with Gasteiger partial charge >= 0.3 is 10.1 Å². The third-order valence-corrected chi connectivity index (χ3v) is 7.64. The van der Waals surface area contributed by atoms with Gasteiger partial charge in [0, 0.05) is 36.8 Å². The van der Waals surface area contributed by atoms with Crippen LogP contribution in [0.4, 0.5) is 0 Å². The summed E-state index contributed by atoms with van der Waals surface area (Å²) >= 11 is 0. The molecule has 2 aliphatic carbocycles. The molecule has 0 spiro atoms. The van der Waals surface area contributed by atoms with Crippen LogP contribution in [-0.2, 0) is 19.2 Å². The van der Waals surface area contributed by atoms with E-state index in [0.29, 0.717) is 37.3 Å². The van der Waals surface area contributed by atoms with Crippen molar-refractivity contribution in [1.29, 1.82) is 0 Å². The number of piperidine rings is 1. The summed E-state index contributed by atoms with van der Waals surface area (Å²) in [5, 5.41) is 3.97. The highest BCUT2D eigenvalue weighted by molar-refractivity contribution is 7.86. The van der Waals surface area contributed by atoms with Crippen molar-refractivity contribution in [2.75, 3.05) is 12.8 Å². The van der Waals surface area contributed by atoms with Crippen LogP contribution in [0.15, 0.2) is 5.16 Å². The second kappa shape index (κ2) is 5.28. The van der Waals surface area contributed by atoms with Crippen molar-refractivity contribution in [2.45, 2.75) is 63.5 Å². The first-order valence-electron chi connectivity index (χ1n) is 8.59. The lowest BCUT2D eigenvalue weighted by Crippen LogP contribution is -2.40. The molecule has 128 valence electrons. The van der Waals surface area contributed by atoms with E-state index in [0.717, 1.165) is 37.8 Å². The maximum atomic E-state index is 12.3. The van der Waals surface area contributed by atoms with E-state index in [1.807, 2.05) is 0 Å². The fourth-order valence-corrected chi connectivity index (χ4v) is 6.48. The lowest BCUT2D eigenvalue weighted by Gasteiger charge is -2.31. The molecule has 2 heterocycles. The Morgan fingerprint density at radius 3 is 2.48 bits per heavy atom. The lowest BCUT2D eigenvalue weighted by molar-refractivity contribution is -0.125. The molecule has 23 heavy (non-hydrogen) atoms. The lowest BCUT2D eigenvalue weighted by atomic mass is 9.85. The van der Waals surface area contributed by atoms with Crippen LogP contribution in [0.5, 0.6) is 0 Å². The quantitative estimate of drug-likeness (QED) is 0.728. The van der Waals surface area contributed by atoms with E-state index in [4.69, 9.17) is 4.28 Å². The predicted octanol–water partition coefficient (Wildman–Crippen LogP) is 1.70. The van der Waals surface area contributed by atoms with Gasteiger partial charge in [-0.05, 0) is 45.1 Å². The Kier molecular flexibility index (Phi) is 3.57. The van der Waals surface area contributed by atoms with Crippen LogP contribution in [0.25, 0.3) is 0 Å². The maximum Gasteiger partial charge on any atom is 0.329 e. The molecule has 4 aliphatic rings. The molecular weight excluding hydrogens is 316 g/mol. The topological polar surface area (TPSA) is 76.0 Å². The summed E-state index contributed by atoms with van der Waals surface area (Å²) in [7, 11) is -1.67. The molecule has 6 nitrogen and oxygen atoms in total. The van der Waals surface area contributed by atoms with Gasteiger partial charge in [0.2, 0.25) is 0 Å². The summed E-state index contributed by atoms with van der Waals surface area (Å²) in [6.07, 6.45) is 6.76. The van der Waals surface area contributed by atoms with E-state index >= 15 is 0 Å². The van der Waals surface area contributed by atoms with Crippen LogP contribution in [0.2, 0.25) is 0 Å². The molecule has 4 fully saturated rings. The molecule has 0 aromatic heterocycles.